The molecule has 0 unspecified atom stereocenters. The maximum absolute atomic E-state index is 12.4. The minimum absolute atomic E-state index is 0.304. The first-order valence-corrected chi connectivity index (χ1v) is 7.13. The van der Waals surface area contributed by atoms with Gasteiger partial charge >= 0.3 is 0 Å². The Morgan fingerprint density at radius 1 is 0.952 bits per heavy atom. The van der Waals surface area contributed by atoms with Gasteiger partial charge in [0.15, 0.2) is 0 Å². The normalized spacial score (nSPS) is 11.6. The Morgan fingerprint density at radius 2 is 1.38 bits per heavy atom. The third kappa shape index (κ3) is 3.14. The number of hydrogen-bond acceptors (Lipinski definition) is 2. The van der Waals surface area contributed by atoms with Crippen LogP contribution in [0.5, 0.6) is 0 Å². The predicted octanol–water partition coefficient (Wildman–Crippen LogP) is 2.41. The van der Waals surface area contributed by atoms with E-state index >= 15 is 0 Å². The highest BCUT2D eigenvalue weighted by atomic mass is 16.1. The van der Waals surface area contributed by atoms with E-state index in [2.05, 4.69) is 4.90 Å². The van der Waals surface area contributed by atoms with Gasteiger partial charge in [-0.2, -0.15) is 0 Å². The van der Waals surface area contributed by atoms with Crippen LogP contribution in [0.1, 0.15) is 17.5 Å². The number of primary amides is 1. The van der Waals surface area contributed by atoms with Crippen molar-refractivity contribution in [1.29, 1.82) is 0 Å². The second kappa shape index (κ2) is 6.55. The zero-order chi connectivity index (χ0) is 15.3. The average Bonchev–Trinajstić information content (AvgIpc) is 2.49. The summed E-state index contributed by atoms with van der Waals surface area (Å²) in [5.74, 6) is -0.304. The molecule has 3 nitrogen and oxygen atoms in total. The lowest BCUT2D eigenvalue weighted by Gasteiger charge is -2.33. The lowest BCUT2D eigenvalue weighted by molar-refractivity contribution is -0.122. The number of carbonyl (C=O) groups is 1. The molecule has 21 heavy (non-hydrogen) atoms. The van der Waals surface area contributed by atoms with E-state index in [-0.39, 0.29) is 5.91 Å². The van der Waals surface area contributed by atoms with Gasteiger partial charge < -0.3 is 10.6 Å². The fourth-order valence-corrected chi connectivity index (χ4v) is 2.70. The lowest BCUT2D eigenvalue weighted by atomic mass is 9.71. The Hall–Kier alpha value is -2.13. The molecule has 0 fully saturated rings. The zero-order valence-corrected chi connectivity index (χ0v) is 12.6. The Bertz CT molecular complexity index is 539. The summed E-state index contributed by atoms with van der Waals surface area (Å²) in [5, 5.41) is 0. The van der Waals surface area contributed by atoms with Gasteiger partial charge in [0.05, 0.1) is 5.41 Å². The quantitative estimate of drug-likeness (QED) is 0.884. The number of benzene rings is 2. The highest BCUT2D eigenvalue weighted by Gasteiger charge is 2.39. The van der Waals surface area contributed by atoms with Gasteiger partial charge in [0.1, 0.15) is 0 Å². The van der Waals surface area contributed by atoms with E-state index in [9.17, 15) is 4.79 Å². The minimum Gasteiger partial charge on any atom is -0.369 e. The van der Waals surface area contributed by atoms with Gasteiger partial charge in [-0.05, 0) is 38.2 Å². The molecule has 0 radical (unpaired) electrons. The highest BCUT2D eigenvalue weighted by molar-refractivity contribution is 5.90. The molecule has 0 saturated carbocycles. The first-order valence-electron chi connectivity index (χ1n) is 7.13. The standard InChI is InChI=1S/C18H22N2O/c1-20(2)14-13-18(17(19)21,15-9-5-3-6-10-15)16-11-7-4-8-12-16/h3-12H,13-14H2,1-2H3,(H2,19,21). The fraction of sp³-hybridized carbons (Fsp3) is 0.278. The Kier molecular flexibility index (Phi) is 4.76. The highest BCUT2D eigenvalue weighted by Crippen LogP contribution is 2.35. The van der Waals surface area contributed by atoms with E-state index in [0.717, 1.165) is 17.7 Å². The first-order chi connectivity index (χ1) is 10.1. The number of rotatable bonds is 6. The Morgan fingerprint density at radius 3 is 1.71 bits per heavy atom. The van der Waals surface area contributed by atoms with E-state index in [1.165, 1.54) is 0 Å². The number of hydrogen-bond donors (Lipinski definition) is 1. The van der Waals surface area contributed by atoms with Crippen LogP contribution in [0, 0.1) is 0 Å². The van der Waals surface area contributed by atoms with Crippen molar-refractivity contribution in [2.24, 2.45) is 5.73 Å². The molecule has 2 aromatic carbocycles. The van der Waals surface area contributed by atoms with E-state index in [1.807, 2.05) is 74.8 Å². The van der Waals surface area contributed by atoms with Gasteiger partial charge in [-0.15, -0.1) is 0 Å². The molecule has 2 rings (SSSR count). The van der Waals surface area contributed by atoms with Gasteiger partial charge in [-0.25, -0.2) is 0 Å². The molecule has 0 heterocycles. The summed E-state index contributed by atoms with van der Waals surface area (Å²) in [5.41, 5.74) is 6.98. The van der Waals surface area contributed by atoms with Crippen molar-refractivity contribution in [2.75, 3.05) is 20.6 Å². The Labute approximate surface area is 126 Å². The molecule has 0 atom stereocenters. The summed E-state index contributed by atoms with van der Waals surface area (Å²) in [4.78, 5) is 14.5. The maximum atomic E-state index is 12.4. The van der Waals surface area contributed by atoms with Crippen LogP contribution < -0.4 is 5.73 Å². The lowest BCUT2D eigenvalue weighted by Crippen LogP contribution is -2.44. The third-order valence-corrected chi connectivity index (χ3v) is 3.89. The SMILES string of the molecule is CN(C)CCC(C(N)=O)(c1ccccc1)c1ccccc1. The Balaban J connectivity index is 2.58. The van der Waals surface area contributed by atoms with Crippen LogP contribution in [0.3, 0.4) is 0 Å². The third-order valence-electron chi connectivity index (χ3n) is 3.89. The molecule has 0 spiro atoms. The van der Waals surface area contributed by atoms with E-state index < -0.39 is 5.41 Å². The topological polar surface area (TPSA) is 46.3 Å². The van der Waals surface area contributed by atoms with Gasteiger partial charge in [0, 0.05) is 0 Å². The molecule has 110 valence electrons. The molecule has 2 N–H and O–H groups in total. The largest absolute Gasteiger partial charge is 0.369 e. The van der Waals surface area contributed by atoms with Gasteiger partial charge in [0.25, 0.3) is 0 Å². The van der Waals surface area contributed by atoms with Crippen molar-refractivity contribution in [3.8, 4) is 0 Å². The molecule has 0 aliphatic carbocycles. The molecule has 3 heteroatoms. The van der Waals surface area contributed by atoms with Crippen LogP contribution in [-0.2, 0) is 10.2 Å². The average molecular weight is 282 g/mol. The van der Waals surface area contributed by atoms with Crippen molar-refractivity contribution in [2.45, 2.75) is 11.8 Å². The molecule has 1 amide bonds. The van der Waals surface area contributed by atoms with Gasteiger partial charge in [-0.3, -0.25) is 4.79 Å². The number of amides is 1. The van der Waals surface area contributed by atoms with Crippen molar-refractivity contribution in [3.63, 3.8) is 0 Å². The number of carbonyl (C=O) groups excluding carboxylic acids is 1. The predicted molar refractivity (Wildman–Crippen MR) is 86.0 cm³/mol. The molecular weight excluding hydrogens is 260 g/mol. The summed E-state index contributed by atoms with van der Waals surface area (Å²) in [6, 6.07) is 19.6. The van der Waals surface area contributed by atoms with Crippen molar-refractivity contribution < 1.29 is 4.79 Å². The van der Waals surface area contributed by atoms with E-state index in [1.54, 1.807) is 0 Å². The van der Waals surface area contributed by atoms with E-state index in [4.69, 9.17) is 5.73 Å². The maximum Gasteiger partial charge on any atom is 0.232 e. The van der Waals surface area contributed by atoms with Crippen LogP contribution in [0.4, 0.5) is 0 Å². The summed E-state index contributed by atoms with van der Waals surface area (Å²) in [7, 11) is 4.00. The van der Waals surface area contributed by atoms with Crippen molar-refractivity contribution in [1.82, 2.24) is 4.90 Å². The van der Waals surface area contributed by atoms with Crippen molar-refractivity contribution in [3.05, 3.63) is 71.8 Å². The summed E-state index contributed by atoms with van der Waals surface area (Å²) in [6.45, 7) is 0.784. The van der Waals surface area contributed by atoms with Crippen LogP contribution >= 0.6 is 0 Å². The molecule has 0 aliphatic rings. The molecule has 0 saturated heterocycles. The van der Waals surface area contributed by atoms with E-state index in [0.29, 0.717) is 6.42 Å². The smallest absolute Gasteiger partial charge is 0.232 e. The summed E-state index contributed by atoms with van der Waals surface area (Å²) < 4.78 is 0. The molecule has 2 aromatic rings. The first kappa shape index (κ1) is 15.3. The monoisotopic (exact) mass is 282 g/mol. The van der Waals surface area contributed by atoms with Crippen molar-refractivity contribution >= 4 is 5.91 Å². The van der Waals surface area contributed by atoms with Crippen LogP contribution in [-0.4, -0.2) is 31.4 Å². The number of nitrogens with two attached hydrogens (primary N) is 1. The minimum atomic E-state index is -0.785. The van der Waals surface area contributed by atoms with Gasteiger partial charge in [-0.1, -0.05) is 60.7 Å². The second-order valence-electron chi connectivity index (χ2n) is 5.55. The summed E-state index contributed by atoms with van der Waals surface area (Å²) >= 11 is 0. The molecule has 0 aromatic heterocycles. The second-order valence-corrected chi connectivity index (χ2v) is 5.55. The van der Waals surface area contributed by atoms with Gasteiger partial charge in [0.2, 0.25) is 5.91 Å². The van der Waals surface area contributed by atoms with Crippen LogP contribution in [0.25, 0.3) is 0 Å². The molecule has 0 bridgehead atoms. The summed E-state index contributed by atoms with van der Waals surface area (Å²) in [6.07, 6.45) is 0.656. The molecule has 0 aliphatic heterocycles. The van der Waals surface area contributed by atoms with Crippen LogP contribution in [0.2, 0.25) is 0 Å². The molecular formula is C18H22N2O. The van der Waals surface area contributed by atoms with Crippen LogP contribution in [0.15, 0.2) is 60.7 Å². The number of nitrogens with zero attached hydrogens (tertiary/aromatic N) is 1. The fourth-order valence-electron chi connectivity index (χ4n) is 2.70. The zero-order valence-electron chi connectivity index (χ0n) is 12.6.